The second kappa shape index (κ2) is 5.21. The summed E-state index contributed by atoms with van der Waals surface area (Å²) in [4.78, 5) is 0. The third-order valence-corrected chi connectivity index (χ3v) is 3.59. The van der Waals surface area contributed by atoms with Crippen molar-refractivity contribution < 1.29 is 18.6 Å². The predicted molar refractivity (Wildman–Crippen MR) is 70.4 cm³/mol. The Bertz CT molecular complexity index is 640. The zero-order valence-electron chi connectivity index (χ0n) is 10.8. The smallest absolute Gasteiger partial charge is 0.132 e. The number of aliphatic hydroxyl groups is 1. The first-order valence-corrected chi connectivity index (χ1v) is 6.52. The molecule has 0 spiro atoms. The Kier molecular flexibility index (Phi) is 3.40. The number of aliphatic hydroxyl groups excluding tert-OH is 1. The van der Waals surface area contributed by atoms with Crippen LogP contribution in [0, 0.1) is 11.6 Å². The van der Waals surface area contributed by atoms with Gasteiger partial charge in [0.05, 0.1) is 6.10 Å². The van der Waals surface area contributed by atoms with Crippen LogP contribution in [0.3, 0.4) is 0 Å². The fraction of sp³-hybridized carbons (Fsp3) is 0.250. The van der Waals surface area contributed by atoms with Crippen LogP contribution in [-0.2, 0) is 13.0 Å². The van der Waals surface area contributed by atoms with E-state index in [4.69, 9.17) is 4.74 Å². The Hall–Kier alpha value is -1.94. The van der Waals surface area contributed by atoms with Crippen LogP contribution in [0.2, 0.25) is 0 Å². The molecule has 2 nitrogen and oxygen atoms in total. The monoisotopic (exact) mass is 276 g/mol. The van der Waals surface area contributed by atoms with Crippen molar-refractivity contribution in [2.75, 3.05) is 0 Å². The van der Waals surface area contributed by atoms with Crippen LogP contribution in [0.15, 0.2) is 36.4 Å². The molecule has 0 bridgehead atoms. The molecular formula is C16H14F2O2. The molecule has 0 aromatic heterocycles. The summed E-state index contributed by atoms with van der Waals surface area (Å²) >= 11 is 0. The van der Waals surface area contributed by atoms with Crippen LogP contribution < -0.4 is 4.74 Å². The molecule has 2 aromatic carbocycles. The minimum atomic E-state index is -0.613. The Balaban J connectivity index is 1.79. The minimum absolute atomic E-state index is 0.0403. The molecule has 0 fully saturated rings. The minimum Gasteiger partial charge on any atom is -0.489 e. The summed E-state index contributed by atoms with van der Waals surface area (Å²) in [5.41, 5.74) is 2.16. The van der Waals surface area contributed by atoms with Gasteiger partial charge < -0.3 is 9.84 Å². The summed E-state index contributed by atoms with van der Waals surface area (Å²) in [6, 6.07) is 8.92. The zero-order chi connectivity index (χ0) is 14.1. The molecule has 0 radical (unpaired) electrons. The first-order chi connectivity index (χ1) is 9.65. The highest BCUT2D eigenvalue weighted by molar-refractivity contribution is 5.44. The summed E-state index contributed by atoms with van der Waals surface area (Å²) in [5.74, 6) is -0.560. The number of rotatable bonds is 3. The Morgan fingerprint density at radius 2 is 2.05 bits per heavy atom. The summed E-state index contributed by atoms with van der Waals surface area (Å²) in [5, 5.41) is 9.81. The first kappa shape index (κ1) is 13.1. The van der Waals surface area contributed by atoms with E-state index in [1.165, 1.54) is 12.1 Å². The van der Waals surface area contributed by atoms with E-state index in [9.17, 15) is 13.9 Å². The van der Waals surface area contributed by atoms with Crippen LogP contribution in [0.4, 0.5) is 8.78 Å². The van der Waals surface area contributed by atoms with Crippen molar-refractivity contribution >= 4 is 0 Å². The zero-order valence-corrected chi connectivity index (χ0v) is 10.8. The fourth-order valence-electron chi connectivity index (χ4n) is 2.53. The van der Waals surface area contributed by atoms with E-state index in [0.717, 1.165) is 23.6 Å². The molecule has 2 aromatic rings. The van der Waals surface area contributed by atoms with Gasteiger partial charge >= 0.3 is 0 Å². The van der Waals surface area contributed by atoms with Gasteiger partial charge in [-0.1, -0.05) is 12.1 Å². The Morgan fingerprint density at radius 3 is 2.85 bits per heavy atom. The highest BCUT2D eigenvalue weighted by Gasteiger charge is 2.23. The van der Waals surface area contributed by atoms with Gasteiger partial charge in [0.15, 0.2) is 0 Å². The van der Waals surface area contributed by atoms with Gasteiger partial charge in [-0.2, -0.15) is 0 Å². The van der Waals surface area contributed by atoms with E-state index >= 15 is 0 Å². The largest absolute Gasteiger partial charge is 0.489 e. The van der Waals surface area contributed by atoms with Crippen molar-refractivity contribution in [3.63, 3.8) is 0 Å². The van der Waals surface area contributed by atoms with Gasteiger partial charge in [0.1, 0.15) is 24.0 Å². The summed E-state index contributed by atoms with van der Waals surface area (Å²) in [6.07, 6.45) is 0.982. The number of halogens is 2. The summed E-state index contributed by atoms with van der Waals surface area (Å²) < 4.78 is 32.0. The molecule has 1 unspecified atom stereocenters. The van der Waals surface area contributed by atoms with Gasteiger partial charge in [-0.3, -0.25) is 0 Å². The number of hydrogen-bond acceptors (Lipinski definition) is 2. The van der Waals surface area contributed by atoms with Gasteiger partial charge in [0.25, 0.3) is 0 Å². The normalized spacial score (nSPS) is 17.1. The highest BCUT2D eigenvalue weighted by Crippen LogP contribution is 2.37. The van der Waals surface area contributed by atoms with Crippen LogP contribution in [-0.4, -0.2) is 5.11 Å². The lowest BCUT2D eigenvalue weighted by atomic mass is 10.1. The van der Waals surface area contributed by atoms with E-state index in [0.29, 0.717) is 17.7 Å². The molecule has 104 valence electrons. The Morgan fingerprint density at radius 1 is 1.20 bits per heavy atom. The number of hydrogen-bond donors (Lipinski definition) is 1. The lowest BCUT2D eigenvalue weighted by molar-refractivity contribution is 0.180. The van der Waals surface area contributed by atoms with Crippen LogP contribution in [0.25, 0.3) is 0 Å². The van der Waals surface area contributed by atoms with Gasteiger partial charge in [-0.05, 0) is 36.6 Å². The van der Waals surface area contributed by atoms with Crippen molar-refractivity contribution in [3.05, 3.63) is 64.7 Å². The topological polar surface area (TPSA) is 29.5 Å². The molecule has 1 N–H and O–H groups in total. The van der Waals surface area contributed by atoms with Crippen molar-refractivity contribution in [3.8, 4) is 5.75 Å². The average molecular weight is 276 g/mol. The maximum absolute atomic E-state index is 13.5. The van der Waals surface area contributed by atoms with E-state index in [2.05, 4.69) is 0 Å². The van der Waals surface area contributed by atoms with Gasteiger partial charge in [0, 0.05) is 17.2 Å². The third kappa shape index (κ3) is 2.39. The first-order valence-electron chi connectivity index (χ1n) is 6.52. The van der Waals surface area contributed by atoms with Crippen molar-refractivity contribution in [1.82, 2.24) is 0 Å². The van der Waals surface area contributed by atoms with E-state index in [1.807, 2.05) is 12.1 Å². The molecule has 0 amide bonds. The van der Waals surface area contributed by atoms with E-state index in [-0.39, 0.29) is 6.61 Å². The predicted octanol–water partition coefficient (Wildman–Crippen LogP) is 3.52. The molecule has 4 heteroatoms. The molecule has 0 heterocycles. The number of fused-ring (bicyclic) bond motifs is 1. The quantitative estimate of drug-likeness (QED) is 0.929. The molecule has 3 rings (SSSR count). The van der Waals surface area contributed by atoms with Crippen molar-refractivity contribution in [2.45, 2.75) is 25.6 Å². The standard InChI is InChI=1S/C16H14F2O2/c17-11-5-4-10(14(18)8-11)9-20-16-3-1-2-12-13(16)6-7-15(12)19/h1-5,8,15,19H,6-7,9H2. The van der Waals surface area contributed by atoms with Crippen molar-refractivity contribution in [1.29, 1.82) is 0 Å². The average Bonchev–Trinajstić information content (AvgIpc) is 2.80. The molecule has 0 aliphatic heterocycles. The molecule has 0 saturated carbocycles. The van der Waals surface area contributed by atoms with Gasteiger partial charge in [-0.15, -0.1) is 0 Å². The molecule has 1 aliphatic carbocycles. The summed E-state index contributed by atoms with van der Waals surface area (Å²) in [7, 11) is 0. The van der Waals surface area contributed by atoms with Gasteiger partial charge in [-0.25, -0.2) is 8.78 Å². The van der Waals surface area contributed by atoms with Crippen LogP contribution in [0.1, 0.15) is 29.2 Å². The second-order valence-electron chi connectivity index (χ2n) is 4.90. The third-order valence-electron chi connectivity index (χ3n) is 3.59. The lowest BCUT2D eigenvalue weighted by Gasteiger charge is -2.12. The number of ether oxygens (including phenoxy) is 1. The molecule has 1 atom stereocenters. The fourth-order valence-corrected chi connectivity index (χ4v) is 2.53. The second-order valence-corrected chi connectivity index (χ2v) is 4.90. The maximum Gasteiger partial charge on any atom is 0.132 e. The highest BCUT2D eigenvalue weighted by atomic mass is 19.1. The molecular weight excluding hydrogens is 262 g/mol. The number of benzene rings is 2. The SMILES string of the molecule is OC1CCc2c(OCc3ccc(F)cc3F)cccc21. The maximum atomic E-state index is 13.5. The molecule has 20 heavy (non-hydrogen) atoms. The molecule has 1 aliphatic rings. The van der Waals surface area contributed by atoms with Crippen LogP contribution >= 0.6 is 0 Å². The van der Waals surface area contributed by atoms with E-state index < -0.39 is 17.7 Å². The summed E-state index contributed by atoms with van der Waals surface area (Å²) in [6.45, 7) is 0.0403. The van der Waals surface area contributed by atoms with Crippen molar-refractivity contribution in [2.24, 2.45) is 0 Å². The van der Waals surface area contributed by atoms with Gasteiger partial charge in [0.2, 0.25) is 0 Å². The molecule has 0 saturated heterocycles. The van der Waals surface area contributed by atoms with E-state index in [1.54, 1.807) is 6.07 Å². The van der Waals surface area contributed by atoms with Crippen LogP contribution in [0.5, 0.6) is 5.75 Å². The Labute approximate surface area is 115 Å². The lowest BCUT2D eigenvalue weighted by Crippen LogP contribution is -2.01.